The van der Waals surface area contributed by atoms with Gasteiger partial charge < -0.3 is 14.4 Å². The van der Waals surface area contributed by atoms with E-state index >= 15 is 0 Å². The number of amides is 1. The van der Waals surface area contributed by atoms with Gasteiger partial charge in [0, 0.05) is 67.7 Å². The van der Waals surface area contributed by atoms with Crippen molar-refractivity contribution in [2.45, 2.75) is 50.4 Å². The third-order valence-corrected chi connectivity index (χ3v) is 7.98. The summed E-state index contributed by atoms with van der Waals surface area (Å²) in [6, 6.07) is 16.6. The topological polar surface area (TPSA) is 96.5 Å². The Hall–Kier alpha value is -3.82. The number of piperazine rings is 1. The third-order valence-electron chi connectivity index (χ3n) is 7.98. The lowest BCUT2D eigenvalue weighted by atomic mass is 10.1. The van der Waals surface area contributed by atoms with Gasteiger partial charge in [-0.05, 0) is 62.1 Å². The van der Waals surface area contributed by atoms with Gasteiger partial charge in [0.15, 0.2) is 0 Å². The molecule has 3 saturated heterocycles. The molecule has 2 bridgehead atoms. The molecule has 6 heterocycles. The van der Waals surface area contributed by atoms with Crippen LogP contribution in [-0.2, 0) is 16.1 Å². The Labute approximate surface area is 220 Å². The number of pyridine rings is 2. The summed E-state index contributed by atoms with van der Waals surface area (Å²) in [4.78, 5) is 26.9. The average Bonchev–Trinajstić information content (AvgIpc) is 3.71. The SMILES string of the molecule is O=C(C1CCCO1)N1CC2CCC(C1)N2Cc1ccc2cc(Oc3ccc(-c4ccn[nH]4)cn3)ccc2n1. The molecule has 3 aliphatic rings. The molecule has 9 nitrogen and oxygen atoms in total. The van der Waals surface area contributed by atoms with Gasteiger partial charge in [-0.1, -0.05) is 6.07 Å². The standard InChI is InChI=1S/C29H30N6O3/c36-29(27-2-1-13-37-27)34-17-22-6-7-23(18-34)35(22)16-21-5-3-19-14-24(8-9-25(19)32-21)38-28-10-4-20(15-30-28)26-11-12-31-33-26/h3-5,8-12,14-15,22-23,27H,1-2,6-7,13,16-18H2,(H,31,33). The Bertz CT molecular complexity index is 1420. The van der Waals surface area contributed by atoms with Crippen LogP contribution in [0.3, 0.4) is 0 Å². The van der Waals surface area contributed by atoms with Crippen LogP contribution in [0.4, 0.5) is 0 Å². The molecule has 0 spiro atoms. The molecule has 4 aromatic rings. The Morgan fingerprint density at radius 1 is 1.05 bits per heavy atom. The monoisotopic (exact) mass is 510 g/mol. The quantitative estimate of drug-likeness (QED) is 0.416. The summed E-state index contributed by atoms with van der Waals surface area (Å²) in [7, 11) is 0. The van der Waals surface area contributed by atoms with Crippen LogP contribution in [0.2, 0.25) is 0 Å². The lowest BCUT2D eigenvalue weighted by Gasteiger charge is -2.41. The molecular weight excluding hydrogens is 480 g/mol. The number of benzene rings is 1. The molecule has 9 heteroatoms. The van der Waals surface area contributed by atoms with Crippen molar-refractivity contribution in [3.05, 3.63) is 66.6 Å². The maximum Gasteiger partial charge on any atom is 0.251 e. The van der Waals surface area contributed by atoms with E-state index in [1.54, 1.807) is 12.4 Å². The number of carbonyl (C=O) groups is 1. The first-order chi connectivity index (χ1) is 18.7. The summed E-state index contributed by atoms with van der Waals surface area (Å²) in [5, 5.41) is 7.94. The molecule has 194 valence electrons. The van der Waals surface area contributed by atoms with Crippen LogP contribution in [0.5, 0.6) is 11.6 Å². The van der Waals surface area contributed by atoms with Crippen LogP contribution >= 0.6 is 0 Å². The van der Waals surface area contributed by atoms with E-state index in [0.29, 0.717) is 24.6 Å². The second-order valence-corrected chi connectivity index (χ2v) is 10.4. The fourth-order valence-electron chi connectivity index (χ4n) is 6.03. The normalized spacial score (nSPS) is 23.3. The number of rotatable bonds is 6. The van der Waals surface area contributed by atoms with Crippen molar-refractivity contribution in [2.24, 2.45) is 0 Å². The van der Waals surface area contributed by atoms with Crippen molar-refractivity contribution < 1.29 is 14.3 Å². The molecule has 1 N–H and O–H groups in total. The van der Waals surface area contributed by atoms with E-state index in [0.717, 1.165) is 78.9 Å². The van der Waals surface area contributed by atoms with E-state index in [1.165, 1.54) is 0 Å². The summed E-state index contributed by atoms with van der Waals surface area (Å²) in [6.07, 6.45) is 7.36. The minimum Gasteiger partial charge on any atom is -0.439 e. The molecule has 7 rings (SSSR count). The van der Waals surface area contributed by atoms with Gasteiger partial charge in [0.2, 0.25) is 5.88 Å². The zero-order chi connectivity index (χ0) is 25.5. The van der Waals surface area contributed by atoms with Gasteiger partial charge in [-0.15, -0.1) is 0 Å². The number of hydrogen-bond acceptors (Lipinski definition) is 7. The smallest absolute Gasteiger partial charge is 0.251 e. The summed E-state index contributed by atoms with van der Waals surface area (Å²) >= 11 is 0. The van der Waals surface area contributed by atoms with Gasteiger partial charge in [0.25, 0.3) is 5.91 Å². The number of nitrogens with one attached hydrogen (secondary N) is 1. The van der Waals surface area contributed by atoms with Crippen molar-refractivity contribution in [3.8, 4) is 22.9 Å². The molecule has 3 atom stereocenters. The van der Waals surface area contributed by atoms with Crippen LogP contribution in [-0.4, -0.2) is 73.8 Å². The predicted octanol–water partition coefficient (Wildman–Crippen LogP) is 4.17. The summed E-state index contributed by atoms with van der Waals surface area (Å²) in [5.41, 5.74) is 3.86. The summed E-state index contributed by atoms with van der Waals surface area (Å²) in [6.45, 7) is 3.10. The van der Waals surface area contributed by atoms with Gasteiger partial charge in [-0.2, -0.15) is 5.10 Å². The number of fused-ring (bicyclic) bond motifs is 3. The number of aromatic nitrogens is 4. The zero-order valence-electron chi connectivity index (χ0n) is 21.1. The van der Waals surface area contributed by atoms with E-state index in [1.807, 2.05) is 41.3 Å². The molecule has 3 unspecified atom stereocenters. The predicted molar refractivity (Wildman–Crippen MR) is 142 cm³/mol. The van der Waals surface area contributed by atoms with Crippen LogP contribution < -0.4 is 4.74 Å². The lowest BCUT2D eigenvalue weighted by Crippen LogP contribution is -2.56. The number of aromatic amines is 1. The first-order valence-corrected chi connectivity index (χ1v) is 13.4. The number of H-pyrrole nitrogens is 1. The highest BCUT2D eigenvalue weighted by molar-refractivity contribution is 5.81. The highest BCUT2D eigenvalue weighted by atomic mass is 16.5. The van der Waals surface area contributed by atoms with E-state index in [-0.39, 0.29) is 12.0 Å². The zero-order valence-corrected chi connectivity index (χ0v) is 21.1. The van der Waals surface area contributed by atoms with Gasteiger partial charge in [0.1, 0.15) is 11.9 Å². The van der Waals surface area contributed by atoms with E-state index in [4.69, 9.17) is 14.5 Å². The summed E-state index contributed by atoms with van der Waals surface area (Å²) in [5.74, 6) is 1.44. The minimum absolute atomic E-state index is 0.185. The Balaban J connectivity index is 1.01. The number of ether oxygens (including phenoxy) is 2. The maximum absolute atomic E-state index is 12.9. The van der Waals surface area contributed by atoms with Crippen LogP contribution in [0.1, 0.15) is 31.4 Å². The minimum atomic E-state index is -0.228. The summed E-state index contributed by atoms with van der Waals surface area (Å²) < 4.78 is 11.7. The molecule has 0 radical (unpaired) electrons. The molecule has 38 heavy (non-hydrogen) atoms. The molecule has 1 amide bonds. The van der Waals surface area contributed by atoms with E-state index in [2.05, 4.69) is 32.2 Å². The molecule has 0 saturated carbocycles. The number of likely N-dealkylation sites (tertiary alicyclic amines) is 1. The van der Waals surface area contributed by atoms with E-state index in [9.17, 15) is 4.79 Å². The highest BCUT2D eigenvalue weighted by Gasteiger charge is 2.43. The van der Waals surface area contributed by atoms with Gasteiger partial charge in [-0.25, -0.2) is 4.98 Å². The average molecular weight is 511 g/mol. The fourth-order valence-corrected chi connectivity index (χ4v) is 6.03. The third kappa shape index (κ3) is 4.52. The first kappa shape index (κ1) is 23.3. The van der Waals surface area contributed by atoms with Gasteiger partial charge in [-0.3, -0.25) is 19.8 Å². The molecule has 3 aromatic heterocycles. The largest absolute Gasteiger partial charge is 0.439 e. The van der Waals surface area contributed by atoms with Gasteiger partial charge in [0.05, 0.1) is 16.9 Å². The molecule has 3 aliphatic heterocycles. The second-order valence-electron chi connectivity index (χ2n) is 10.4. The number of hydrogen-bond donors (Lipinski definition) is 1. The highest BCUT2D eigenvalue weighted by Crippen LogP contribution is 2.33. The van der Waals surface area contributed by atoms with Gasteiger partial charge >= 0.3 is 0 Å². The van der Waals surface area contributed by atoms with Crippen molar-refractivity contribution in [3.63, 3.8) is 0 Å². The molecular formula is C29H30N6O3. The Morgan fingerprint density at radius 3 is 2.68 bits per heavy atom. The first-order valence-electron chi connectivity index (χ1n) is 13.4. The van der Waals surface area contributed by atoms with Crippen molar-refractivity contribution in [1.29, 1.82) is 0 Å². The van der Waals surface area contributed by atoms with Crippen LogP contribution in [0, 0.1) is 0 Å². The number of carbonyl (C=O) groups excluding carboxylic acids is 1. The van der Waals surface area contributed by atoms with Crippen LogP contribution in [0.15, 0.2) is 60.9 Å². The van der Waals surface area contributed by atoms with Crippen molar-refractivity contribution in [1.82, 2.24) is 30.0 Å². The molecule has 3 fully saturated rings. The van der Waals surface area contributed by atoms with Crippen molar-refractivity contribution >= 4 is 16.8 Å². The van der Waals surface area contributed by atoms with E-state index < -0.39 is 0 Å². The second kappa shape index (κ2) is 9.81. The molecule has 0 aliphatic carbocycles. The number of nitrogens with zero attached hydrogens (tertiary/aromatic N) is 5. The Kier molecular flexibility index (Phi) is 6.02. The lowest BCUT2D eigenvalue weighted by molar-refractivity contribution is -0.144. The Morgan fingerprint density at radius 2 is 1.95 bits per heavy atom. The van der Waals surface area contributed by atoms with Crippen LogP contribution in [0.25, 0.3) is 22.2 Å². The fraction of sp³-hybridized carbons (Fsp3) is 0.379. The maximum atomic E-state index is 12.9. The van der Waals surface area contributed by atoms with Crippen molar-refractivity contribution in [2.75, 3.05) is 19.7 Å². The molecule has 1 aromatic carbocycles.